The number of hydrogen-bond acceptors (Lipinski definition) is 4. The third-order valence-corrected chi connectivity index (χ3v) is 3.29. The molecule has 0 aliphatic rings. The summed E-state index contributed by atoms with van der Waals surface area (Å²) in [5.74, 6) is -2.29. The summed E-state index contributed by atoms with van der Waals surface area (Å²) in [5, 5.41) is 0. The van der Waals surface area contributed by atoms with E-state index in [2.05, 4.69) is 0 Å². The first-order valence-corrected chi connectivity index (χ1v) is 6.83. The quantitative estimate of drug-likeness (QED) is 0.608. The van der Waals surface area contributed by atoms with Gasteiger partial charge in [0.15, 0.2) is 0 Å². The zero-order valence-electron chi connectivity index (χ0n) is 9.74. The molecule has 0 radical (unpaired) electrons. The van der Waals surface area contributed by atoms with Crippen LogP contribution in [0.3, 0.4) is 0 Å². The maximum atomic E-state index is 13.3. The Balaban J connectivity index is 2.81. The van der Waals surface area contributed by atoms with Crippen molar-refractivity contribution in [1.29, 1.82) is 0 Å². The number of halogens is 2. The fraction of sp³-hybridized carbons (Fsp3) is 0.400. The molecule has 0 atom stereocenters. The Labute approximate surface area is 104 Å². The molecule has 5 nitrogen and oxygen atoms in total. The number of benzene rings is 1. The zero-order chi connectivity index (χ0) is 13.8. The first kappa shape index (κ1) is 14.7. The first-order valence-electron chi connectivity index (χ1n) is 5.18. The van der Waals surface area contributed by atoms with Gasteiger partial charge in [0.05, 0.1) is 23.7 Å². The molecular formula is C10H14F2N2O3S. The average molecular weight is 280 g/mol. The predicted octanol–water partition coefficient (Wildman–Crippen LogP) is 1.33. The van der Waals surface area contributed by atoms with Crippen molar-refractivity contribution in [3.63, 3.8) is 0 Å². The number of ether oxygens (including phenoxy) is 1. The number of hydrogen-bond donors (Lipinski definition) is 2. The molecule has 1 rings (SSSR count). The molecule has 0 aliphatic carbocycles. The van der Waals surface area contributed by atoms with E-state index in [4.69, 9.17) is 10.5 Å². The molecule has 3 N–H and O–H groups in total. The van der Waals surface area contributed by atoms with Gasteiger partial charge in [-0.05, 0) is 13.0 Å². The van der Waals surface area contributed by atoms with Crippen LogP contribution in [0.2, 0.25) is 0 Å². The number of nitrogens with one attached hydrogen (secondary N) is 1. The molecule has 1 aromatic carbocycles. The van der Waals surface area contributed by atoms with Gasteiger partial charge in [0.2, 0.25) is 10.0 Å². The van der Waals surface area contributed by atoms with Gasteiger partial charge in [-0.1, -0.05) is 0 Å². The maximum Gasteiger partial charge on any atom is 0.235 e. The molecule has 0 saturated heterocycles. The molecule has 0 saturated carbocycles. The summed E-state index contributed by atoms with van der Waals surface area (Å²) in [5.41, 5.74) is 4.51. The van der Waals surface area contributed by atoms with E-state index in [1.165, 1.54) is 0 Å². The molecule has 1 aromatic rings. The monoisotopic (exact) mass is 280 g/mol. The van der Waals surface area contributed by atoms with Crippen LogP contribution in [0.1, 0.15) is 6.92 Å². The Morgan fingerprint density at radius 1 is 1.33 bits per heavy atom. The van der Waals surface area contributed by atoms with Gasteiger partial charge in [0.25, 0.3) is 0 Å². The number of rotatable bonds is 6. The average Bonchev–Trinajstić information content (AvgIpc) is 2.26. The highest BCUT2D eigenvalue weighted by atomic mass is 32.2. The summed E-state index contributed by atoms with van der Waals surface area (Å²) in [6, 6.07) is 1.42. The van der Waals surface area contributed by atoms with E-state index in [0.717, 1.165) is 6.07 Å². The number of nitrogens with two attached hydrogens (primary N) is 1. The number of anilines is 2. The highest BCUT2D eigenvalue weighted by molar-refractivity contribution is 7.92. The fourth-order valence-corrected chi connectivity index (χ4v) is 2.11. The second kappa shape index (κ2) is 5.96. The summed E-state index contributed by atoms with van der Waals surface area (Å²) in [6.45, 7) is 2.10. The van der Waals surface area contributed by atoms with E-state index in [1.54, 1.807) is 6.92 Å². The SMILES string of the molecule is CCOCCS(=O)(=O)Nc1cc(N)c(F)cc1F. The van der Waals surface area contributed by atoms with Crippen LogP contribution < -0.4 is 10.5 Å². The highest BCUT2D eigenvalue weighted by Crippen LogP contribution is 2.21. The molecule has 0 bridgehead atoms. The molecule has 0 heterocycles. The lowest BCUT2D eigenvalue weighted by molar-refractivity contribution is 0.163. The molecule has 8 heteroatoms. The van der Waals surface area contributed by atoms with Gasteiger partial charge >= 0.3 is 0 Å². The standard InChI is InChI=1S/C10H14F2N2O3S/c1-2-17-3-4-18(15,16)14-10-6-9(13)7(11)5-8(10)12/h5-6,14H,2-4,13H2,1H3. The predicted molar refractivity (Wildman–Crippen MR) is 64.7 cm³/mol. The van der Waals surface area contributed by atoms with Crippen LogP contribution >= 0.6 is 0 Å². The lowest BCUT2D eigenvalue weighted by Crippen LogP contribution is -2.21. The minimum atomic E-state index is -3.75. The van der Waals surface area contributed by atoms with Gasteiger partial charge in [-0.15, -0.1) is 0 Å². The number of sulfonamides is 1. The van der Waals surface area contributed by atoms with Crippen molar-refractivity contribution in [1.82, 2.24) is 0 Å². The molecule has 0 amide bonds. The zero-order valence-corrected chi connectivity index (χ0v) is 10.6. The van der Waals surface area contributed by atoms with Crippen LogP contribution in [0, 0.1) is 11.6 Å². The Morgan fingerprint density at radius 3 is 2.61 bits per heavy atom. The molecular weight excluding hydrogens is 266 g/mol. The van der Waals surface area contributed by atoms with E-state index in [9.17, 15) is 17.2 Å². The summed E-state index contributed by atoms with van der Waals surface area (Å²) in [6.07, 6.45) is 0. The van der Waals surface area contributed by atoms with Gasteiger partial charge in [-0.2, -0.15) is 0 Å². The van der Waals surface area contributed by atoms with Crippen molar-refractivity contribution in [2.75, 3.05) is 29.4 Å². The summed E-state index contributed by atoms with van der Waals surface area (Å²) >= 11 is 0. The Bertz CT molecular complexity index is 520. The van der Waals surface area contributed by atoms with Crippen LogP contribution in [0.5, 0.6) is 0 Å². The van der Waals surface area contributed by atoms with Gasteiger partial charge in [0, 0.05) is 12.7 Å². The molecule has 0 spiro atoms. The summed E-state index contributed by atoms with van der Waals surface area (Å²) < 4.78 is 56.1. The van der Waals surface area contributed by atoms with Crippen molar-refractivity contribution in [3.05, 3.63) is 23.8 Å². The van der Waals surface area contributed by atoms with Crippen molar-refractivity contribution < 1.29 is 21.9 Å². The minimum absolute atomic E-state index is 0.00979. The Hall–Kier alpha value is -1.41. The molecule has 18 heavy (non-hydrogen) atoms. The van der Waals surface area contributed by atoms with Crippen molar-refractivity contribution >= 4 is 21.4 Å². The first-order chi connectivity index (χ1) is 8.35. The molecule has 0 aliphatic heterocycles. The van der Waals surface area contributed by atoms with E-state index in [1.807, 2.05) is 4.72 Å². The van der Waals surface area contributed by atoms with E-state index >= 15 is 0 Å². The molecule has 0 unspecified atom stereocenters. The smallest absolute Gasteiger partial charge is 0.235 e. The second-order valence-corrected chi connectivity index (χ2v) is 5.31. The Morgan fingerprint density at radius 2 is 2.00 bits per heavy atom. The van der Waals surface area contributed by atoms with Crippen molar-refractivity contribution in [2.45, 2.75) is 6.92 Å². The van der Waals surface area contributed by atoms with Gasteiger partial charge < -0.3 is 10.5 Å². The van der Waals surface area contributed by atoms with Crippen molar-refractivity contribution in [3.8, 4) is 0 Å². The lowest BCUT2D eigenvalue weighted by Gasteiger charge is -2.10. The molecule has 0 aromatic heterocycles. The topological polar surface area (TPSA) is 81.4 Å². The highest BCUT2D eigenvalue weighted by Gasteiger charge is 2.15. The number of nitrogen functional groups attached to an aromatic ring is 1. The van der Waals surface area contributed by atoms with E-state index in [0.29, 0.717) is 12.7 Å². The second-order valence-electron chi connectivity index (χ2n) is 3.47. The van der Waals surface area contributed by atoms with Gasteiger partial charge in [-0.25, -0.2) is 17.2 Å². The molecule has 102 valence electrons. The Kier molecular flexibility index (Phi) is 4.85. The van der Waals surface area contributed by atoms with Crippen LogP contribution in [-0.4, -0.2) is 27.4 Å². The third-order valence-electron chi connectivity index (χ3n) is 2.05. The van der Waals surface area contributed by atoms with Gasteiger partial charge in [0.1, 0.15) is 11.6 Å². The third kappa shape index (κ3) is 4.11. The van der Waals surface area contributed by atoms with Crippen LogP contribution in [0.15, 0.2) is 12.1 Å². The summed E-state index contributed by atoms with van der Waals surface area (Å²) in [4.78, 5) is 0. The van der Waals surface area contributed by atoms with Crippen LogP contribution in [0.4, 0.5) is 20.2 Å². The fourth-order valence-electron chi connectivity index (χ4n) is 1.18. The normalized spacial score (nSPS) is 11.5. The van der Waals surface area contributed by atoms with E-state index < -0.39 is 21.7 Å². The lowest BCUT2D eigenvalue weighted by atomic mass is 10.2. The van der Waals surface area contributed by atoms with Crippen molar-refractivity contribution in [2.24, 2.45) is 0 Å². The van der Waals surface area contributed by atoms with Crippen LogP contribution in [0.25, 0.3) is 0 Å². The van der Waals surface area contributed by atoms with Crippen LogP contribution in [-0.2, 0) is 14.8 Å². The van der Waals surface area contributed by atoms with Gasteiger partial charge in [-0.3, -0.25) is 4.72 Å². The minimum Gasteiger partial charge on any atom is -0.396 e. The van der Waals surface area contributed by atoms with E-state index in [-0.39, 0.29) is 23.7 Å². The summed E-state index contributed by atoms with van der Waals surface area (Å²) in [7, 11) is -3.75. The maximum absolute atomic E-state index is 13.3. The molecule has 0 fully saturated rings. The largest absolute Gasteiger partial charge is 0.396 e.